The summed E-state index contributed by atoms with van der Waals surface area (Å²) in [5, 5.41) is 25.9. The topological polar surface area (TPSA) is 124 Å². The van der Waals surface area contributed by atoms with Crippen molar-refractivity contribution in [1.29, 1.82) is 0 Å². The smallest absolute Gasteiger partial charge is 0.374 e. The lowest BCUT2D eigenvalue weighted by molar-refractivity contribution is -0.385. The van der Waals surface area contributed by atoms with Gasteiger partial charge in [0.05, 0.1) is 11.1 Å². The number of hydrogen-bond acceptors (Lipinski definition) is 6. The molecule has 15 heavy (non-hydrogen) atoms. The summed E-state index contributed by atoms with van der Waals surface area (Å²) in [5.41, 5.74) is -0.329. The standard InChI is InChI=1S/C6H3N5O4/c12-5(13)4-8-9-6-7-1-3(11(14)15)2-10(4)6/h1-2H,(H,12,13). The lowest BCUT2D eigenvalue weighted by atomic mass is 10.5. The lowest BCUT2D eigenvalue weighted by Gasteiger charge is -1.93. The summed E-state index contributed by atoms with van der Waals surface area (Å²) in [6.45, 7) is 0. The highest BCUT2D eigenvalue weighted by molar-refractivity contribution is 5.84. The maximum absolute atomic E-state index is 10.6. The molecule has 1 N–H and O–H groups in total. The number of hydrogen-bond donors (Lipinski definition) is 1. The van der Waals surface area contributed by atoms with Crippen molar-refractivity contribution in [2.24, 2.45) is 0 Å². The second-order valence-electron chi connectivity index (χ2n) is 2.57. The quantitative estimate of drug-likeness (QED) is 0.533. The summed E-state index contributed by atoms with van der Waals surface area (Å²) in [6, 6.07) is 0. The Morgan fingerprint density at radius 1 is 1.53 bits per heavy atom. The first-order valence-electron chi connectivity index (χ1n) is 3.68. The van der Waals surface area contributed by atoms with Gasteiger partial charge in [0, 0.05) is 0 Å². The molecule has 0 amide bonds. The molecule has 0 radical (unpaired) electrons. The second kappa shape index (κ2) is 2.97. The van der Waals surface area contributed by atoms with E-state index in [0.717, 1.165) is 16.8 Å². The minimum Gasteiger partial charge on any atom is -0.475 e. The van der Waals surface area contributed by atoms with Crippen LogP contribution in [0.1, 0.15) is 10.6 Å². The van der Waals surface area contributed by atoms with Gasteiger partial charge in [-0.1, -0.05) is 0 Å². The maximum Gasteiger partial charge on any atom is 0.374 e. The van der Waals surface area contributed by atoms with E-state index in [1.807, 2.05) is 0 Å². The van der Waals surface area contributed by atoms with E-state index < -0.39 is 16.7 Å². The second-order valence-corrected chi connectivity index (χ2v) is 2.57. The van der Waals surface area contributed by atoms with Crippen LogP contribution in [0.2, 0.25) is 0 Å². The van der Waals surface area contributed by atoms with Crippen molar-refractivity contribution < 1.29 is 14.8 Å². The van der Waals surface area contributed by atoms with Crippen LogP contribution in [-0.4, -0.2) is 35.6 Å². The Labute approximate surface area is 81.2 Å². The van der Waals surface area contributed by atoms with Crippen LogP contribution in [0, 0.1) is 10.1 Å². The molecule has 0 saturated carbocycles. The van der Waals surface area contributed by atoms with Crippen molar-refractivity contribution in [1.82, 2.24) is 19.6 Å². The lowest BCUT2D eigenvalue weighted by Crippen LogP contribution is -2.04. The molecule has 0 aliphatic heterocycles. The van der Waals surface area contributed by atoms with Crippen LogP contribution in [0.4, 0.5) is 5.69 Å². The summed E-state index contributed by atoms with van der Waals surface area (Å²) < 4.78 is 0.945. The van der Waals surface area contributed by atoms with Crippen molar-refractivity contribution in [3.8, 4) is 0 Å². The first-order chi connectivity index (χ1) is 7.09. The van der Waals surface area contributed by atoms with Gasteiger partial charge < -0.3 is 5.11 Å². The van der Waals surface area contributed by atoms with Crippen molar-refractivity contribution >= 4 is 17.4 Å². The molecule has 0 spiro atoms. The van der Waals surface area contributed by atoms with Gasteiger partial charge in [-0.2, -0.15) is 0 Å². The van der Waals surface area contributed by atoms with E-state index in [4.69, 9.17) is 5.11 Å². The van der Waals surface area contributed by atoms with E-state index in [1.54, 1.807) is 0 Å². The zero-order valence-corrected chi connectivity index (χ0v) is 7.06. The van der Waals surface area contributed by atoms with Gasteiger partial charge in [0.15, 0.2) is 0 Å². The number of nitro groups is 1. The highest BCUT2D eigenvalue weighted by atomic mass is 16.6. The maximum atomic E-state index is 10.6. The highest BCUT2D eigenvalue weighted by Crippen LogP contribution is 2.10. The minimum atomic E-state index is -1.33. The van der Waals surface area contributed by atoms with E-state index in [2.05, 4.69) is 15.2 Å². The van der Waals surface area contributed by atoms with E-state index >= 15 is 0 Å². The average molecular weight is 209 g/mol. The Morgan fingerprint density at radius 2 is 2.27 bits per heavy atom. The summed E-state index contributed by atoms with van der Waals surface area (Å²) in [4.78, 5) is 24.0. The molecule has 9 nitrogen and oxygen atoms in total. The third kappa shape index (κ3) is 1.35. The van der Waals surface area contributed by atoms with Gasteiger partial charge in [-0.25, -0.2) is 9.78 Å². The van der Waals surface area contributed by atoms with E-state index in [1.165, 1.54) is 0 Å². The molecular weight excluding hydrogens is 206 g/mol. The van der Waals surface area contributed by atoms with Crippen molar-refractivity contribution in [2.75, 3.05) is 0 Å². The fourth-order valence-corrected chi connectivity index (χ4v) is 1.02. The Kier molecular flexibility index (Phi) is 1.78. The van der Waals surface area contributed by atoms with Gasteiger partial charge in [0.25, 0.3) is 5.78 Å². The third-order valence-electron chi connectivity index (χ3n) is 1.65. The largest absolute Gasteiger partial charge is 0.475 e. The molecule has 2 rings (SSSR count). The molecule has 0 bridgehead atoms. The summed E-state index contributed by atoms with van der Waals surface area (Å²) in [5.74, 6) is -1.75. The molecule has 76 valence electrons. The van der Waals surface area contributed by atoms with Crippen LogP contribution >= 0.6 is 0 Å². The monoisotopic (exact) mass is 209 g/mol. The first kappa shape index (κ1) is 8.99. The third-order valence-corrected chi connectivity index (χ3v) is 1.65. The molecule has 0 unspecified atom stereocenters. The summed E-state index contributed by atoms with van der Waals surface area (Å²) in [7, 11) is 0. The highest BCUT2D eigenvalue weighted by Gasteiger charge is 2.16. The van der Waals surface area contributed by atoms with Crippen molar-refractivity contribution in [2.45, 2.75) is 0 Å². The molecule has 0 aliphatic carbocycles. The SMILES string of the molecule is O=C(O)c1nnc2ncc([N+](=O)[O-])cn12. The molecule has 2 heterocycles. The van der Waals surface area contributed by atoms with Gasteiger partial charge in [0.2, 0.25) is 5.82 Å². The molecule has 2 aromatic rings. The molecule has 0 saturated heterocycles. The Bertz CT molecular complexity index is 562. The van der Waals surface area contributed by atoms with Gasteiger partial charge in [0.1, 0.15) is 6.20 Å². The first-order valence-corrected chi connectivity index (χ1v) is 3.68. The average Bonchev–Trinajstić information content (AvgIpc) is 2.59. The fourth-order valence-electron chi connectivity index (χ4n) is 1.02. The van der Waals surface area contributed by atoms with Gasteiger partial charge in [-0.15, -0.1) is 10.2 Å². The Morgan fingerprint density at radius 3 is 2.87 bits per heavy atom. The van der Waals surface area contributed by atoms with Crippen LogP contribution < -0.4 is 0 Å². The number of nitrogens with zero attached hydrogens (tertiary/aromatic N) is 5. The number of carboxylic acids is 1. The van der Waals surface area contributed by atoms with Crippen molar-refractivity contribution in [3.63, 3.8) is 0 Å². The van der Waals surface area contributed by atoms with Crippen LogP contribution in [0.5, 0.6) is 0 Å². The molecule has 0 atom stereocenters. The van der Waals surface area contributed by atoms with Gasteiger partial charge in [-0.3, -0.25) is 14.5 Å². The number of aromatic carboxylic acids is 1. The van der Waals surface area contributed by atoms with Crippen LogP contribution in [0.3, 0.4) is 0 Å². The normalized spacial score (nSPS) is 10.4. The number of carbonyl (C=O) groups is 1. The Hall–Kier alpha value is -2.58. The summed E-state index contributed by atoms with van der Waals surface area (Å²) in [6.07, 6.45) is 1.99. The predicted molar refractivity (Wildman–Crippen MR) is 44.4 cm³/mol. The van der Waals surface area contributed by atoms with Crippen LogP contribution in [0.15, 0.2) is 12.4 Å². The van der Waals surface area contributed by atoms with E-state index in [-0.39, 0.29) is 11.5 Å². The zero-order chi connectivity index (χ0) is 11.0. The fraction of sp³-hybridized carbons (Fsp3) is 0. The molecule has 2 aromatic heterocycles. The molecular formula is C6H3N5O4. The molecule has 0 aliphatic rings. The molecule has 9 heteroatoms. The van der Waals surface area contributed by atoms with Gasteiger partial charge >= 0.3 is 11.7 Å². The number of aromatic nitrogens is 4. The summed E-state index contributed by atoms with van der Waals surface area (Å²) >= 11 is 0. The molecule has 0 fully saturated rings. The van der Waals surface area contributed by atoms with E-state index in [0.29, 0.717) is 0 Å². The van der Waals surface area contributed by atoms with Gasteiger partial charge in [-0.05, 0) is 0 Å². The Balaban J connectivity index is 2.72. The van der Waals surface area contributed by atoms with E-state index in [9.17, 15) is 14.9 Å². The van der Waals surface area contributed by atoms with Crippen LogP contribution in [0.25, 0.3) is 5.78 Å². The number of fused-ring (bicyclic) bond motifs is 1. The predicted octanol–water partition coefficient (Wildman–Crippen LogP) is -0.269. The van der Waals surface area contributed by atoms with Crippen molar-refractivity contribution in [3.05, 3.63) is 28.3 Å². The molecule has 0 aromatic carbocycles. The number of rotatable bonds is 2. The zero-order valence-electron chi connectivity index (χ0n) is 7.06. The van der Waals surface area contributed by atoms with Crippen LogP contribution in [-0.2, 0) is 0 Å². The minimum absolute atomic E-state index is 0.00185. The number of carboxylic acid groups (broad SMARTS) is 1.